The van der Waals surface area contributed by atoms with Gasteiger partial charge in [-0.2, -0.15) is 0 Å². The van der Waals surface area contributed by atoms with Gasteiger partial charge in [-0.1, -0.05) is 40.2 Å². The van der Waals surface area contributed by atoms with E-state index >= 15 is 0 Å². The molecule has 3 heteroatoms. The highest BCUT2D eigenvalue weighted by Gasteiger charge is 2.14. The maximum atomic E-state index is 11.5. The van der Waals surface area contributed by atoms with E-state index in [1.807, 2.05) is 19.1 Å². The molecular formula is C17H24O3. The molecular weight excluding hydrogens is 252 g/mol. The Bertz CT molecular complexity index is 481. The lowest BCUT2D eigenvalue weighted by atomic mass is 9.86. The Morgan fingerprint density at radius 2 is 2.05 bits per heavy atom. The second-order valence-electron chi connectivity index (χ2n) is 5.88. The third-order valence-electron chi connectivity index (χ3n) is 3.03. The van der Waals surface area contributed by atoms with E-state index in [0.29, 0.717) is 12.2 Å². The first kappa shape index (κ1) is 16.3. The number of carbonyl (C=O) groups excluding carboxylic acids is 1. The molecule has 0 atom stereocenters. The van der Waals surface area contributed by atoms with Crippen LogP contribution in [-0.2, 0) is 14.9 Å². The number of hydrogen-bond donors (Lipinski definition) is 1. The maximum Gasteiger partial charge on any atom is 0.330 e. The summed E-state index contributed by atoms with van der Waals surface area (Å²) in [6.07, 6.45) is 4.81. The Hall–Kier alpha value is -1.77. The van der Waals surface area contributed by atoms with Crippen LogP contribution in [0.15, 0.2) is 24.3 Å². The fraction of sp³-hybridized carbons (Fsp3) is 0.471. The van der Waals surface area contributed by atoms with Gasteiger partial charge in [-0.15, -0.1) is 0 Å². The molecule has 0 fully saturated rings. The van der Waals surface area contributed by atoms with Crippen LogP contribution in [0, 0.1) is 0 Å². The third-order valence-corrected chi connectivity index (χ3v) is 3.03. The number of ether oxygens (including phenoxy) is 1. The van der Waals surface area contributed by atoms with Gasteiger partial charge in [0.1, 0.15) is 5.75 Å². The summed E-state index contributed by atoms with van der Waals surface area (Å²) >= 11 is 0. The van der Waals surface area contributed by atoms with Crippen molar-refractivity contribution in [3.63, 3.8) is 0 Å². The van der Waals surface area contributed by atoms with Gasteiger partial charge in [0, 0.05) is 11.6 Å². The van der Waals surface area contributed by atoms with Crippen molar-refractivity contribution >= 4 is 12.0 Å². The first-order chi connectivity index (χ1) is 9.34. The Labute approximate surface area is 121 Å². The lowest BCUT2D eigenvalue weighted by molar-refractivity contribution is -0.137. The molecule has 0 unspecified atom stereocenters. The molecule has 0 aliphatic rings. The van der Waals surface area contributed by atoms with Crippen molar-refractivity contribution in [2.24, 2.45) is 0 Å². The summed E-state index contributed by atoms with van der Waals surface area (Å²) in [7, 11) is 0. The van der Waals surface area contributed by atoms with Crippen molar-refractivity contribution in [1.29, 1.82) is 0 Å². The molecule has 0 bridgehead atoms. The fourth-order valence-corrected chi connectivity index (χ4v) is 1.68. The highest BCUT2D eigenvalue weighted by molar-refractivity contribution is 5.87. The molecule has 20 heavy (non-hydrogen) atoms. The van der Waals surface area contributed by atoms with Gasteiger partial charge in [0.15, 0.2) is 0 Å². The molecule has 0 aromatic heterocycles. The molecule has 1 N–H and O–H groups in total. The SMILES string of the molecule is CCCCOC(=O)/C=C/c1cc(C(C)(C)C)ccc1O. The number of hydrogen-bond acceptors (Lipinski definition) is 3. The molecule has 3 nitrogen and oxygen atoms in total. The minimum Gasteiger partial charge on any atom is -0.507 e. The molecule has 0 heterocycles. The van der Waals surface area contributed by atoms with Crippen LogP contribution in [0.4, 0.5) is 0 Å². The highest BCUT2D eigenvalue weighted by atomic mass is 16.5. The van der Waals surface area contributed by atoms with Crippen LogP contribution in [0.3, 0.4) is 0 Å². The fourth-order valence-electron chi connectivity index (χ4n) is 1.68. The molecule has 1 rings (SSSR count). The summed E-state index contributed by atoms with van der Waals surface area (Å²) in [5, 5.41) is 9.82. The lowest BCUT2D eigenvalue weighted by Crippen LogP contribution is -2.10. The zero-order valence-corrected chi connectivity index (χ0v) is 12.8. The minimum absolute atomic E-state index is 0.00206. The van der Waals surface area contributed by atoms with Gasteiger partial charge in [0.05, 0.1) is 6.61 Å². The summed E-state index contributed by atoms with van der Waals surface area (Å²) in [5.74, 6) is -0.213. The number of phenolic OH excluding ortho intramolecular Hbond substituents is 1. The van der Waals surface area contributed by atoms with Crippen molar-refractivity contribution in [3.8, 4) is 5.75 Å². The quantitative estimate of drug-likeness (QED) is 0.501. The van der Waals surface area contributed by atoms with Crippen LogP contribution in [0.2, 0.25) is 0 Å². The van der Waals surface area contributed by atoms with Crippen LogP contribution in [0.1, 0.15) is 51.7 Å². The topological polar surface area (TPSA) is 46.5 Å². The van der Waals surface area contributed by atoms with Crippen molar-refractivity contribution in [2.45, 2.75) is 46.0 Å². The second-order valence-corrected chi connectivity index (χ2v) is 5.88. The lowest BCUT2D eigenvalue weighted by Gasteiger charge is -2.19. The monoisotopic (exact) mass is 276 g/mol. The Kier molecular flexibility index (Phi) is 5.81. The van der Waals surface area contributed by atoms with Gasteiger partial charge < -0.3 is 9.84 Å². The number of rotatable bonds is 5. The molecule has 0 spiro atoms. The molecule has 0 radical (unpaired) electrons. The van der Waals surface area contributed by atoms with E-state index in [2.05, 4.69) is 20.8 Å². The zero-order chi connectivity index (χ0) is 15.2. The van der Waals surface area contributed by atoms with E-state index in [4.69, 9.17) is 4.74 Å². The number of unbranched alkanes of at least 4 members (excludes halogenated alkanes) is 1. The van der Waals surface area contributed by atoms with E-state index in [0.717, 1.165) is 18.4 Å². The highest BCUT2D eigenvalue weighted by Crippen LogP contribution is 2.28. The molecule has 0 aliphatic carbocycles. The summed E-state index contributed by atoms with van der Waals surface area (Å²) in [4.78, 5) is 11.5. The van der Waals surface area contributed by atoms with E-state index in [9.17, 15) is 9.90 Å². The molecule has 1 aromatic carbocycles. The predicted molar refractivity (Wildman–Crippen MR) is 81.7 cm³/mol. The van der Waals surface area contributed by atoms with Crippen LogP contribution in [0.25, 0.3) is 6.08 Å². The summed E-state index contributed by atoms with van der Waals surface area (Å²) < 4.78 is 5.03. The van der Waals surface area contributed by atoms with Crippen LogP contribution in [-0.4, -0.2) is 17.7 Å². The summed E-state index contributed by atoms with van der Waals surface area (Å²) in [5.41, 5.74) is 1.73. The average Bonchev–Trinajstić information content (AvgIpc) is 2.36. The first-order valence-electron chi connectivity index (χ1n) is 7.03. The van der Waals surface area contributed by atoms with Gasteiger partial charge >= 0.3 is 5.97 Å². The molecule has 1 aromatic rings. The predicted octanol–water partition coefficient (Wildman–Crippen LogP) is 4.05. The summed E-state index contributed by atoms with van der Waals surface area (Å²) in [6, 6.07) is 5.44. The van der Waals surface area contributed by atoms with Crippen molar-refractivity contribution in [2.75, 3.05) is 6.61 Å². The number of carbonyl (C=O) groups is 1. The molecule has 0 saturated heterocycles. The number of phenols is 1. The number of benzene rings is 1. The van der Waals surface area contributed by atoms with Crippen LogP contribution in [0.5, 0.6) is 5.75 Å². The molecule has 0 aliphatic heterocycles. The van der Waals surface area contributed by atoms with E-state index in [1.165, 1.54) is 6.08 Å². The van der Waals surface area contributed by atoms with Gasteiger partial charge in [-0.3, -0.25) is 0 Å². The van der Waals surface area contributed by atoms with Gasteiger partial charge in [-0.05, 0) is 35.6 Å². The molecule has 110 valence electrons. The Morgan fingerprint density at radius 1 is 1.35 bits per heavy atom. The standard InChI is InChI=1S/C17H24O3/c1-5-6-11-20-16(19)10-7-13-12-14(17(2,3)4)8-9-15(13)18/h7-10,12,18H,5-6,11H2,1-4H3/b10-7+. The Balaban J connectivity index is 2.78. The smallest absolute Gasteiger partial charge is 0.330 e. The largest absolute Gasteiger partial charge is 0.507 e. The van der Waals surface area contributed by atoms with Crippen molar-refractivity contribution in [1.82, 2.24) is 0 Å². The summed E-state index contributed by atoms with van der Waals surface area (Å²) in [6.45, 7) is 8.79. The van der Waals surface area contributed by atoms with E-state index in [1.54, 1.807) is 12.1 Å². The zero-order valence-electron chi connectivity index (χ0n) is 12.8. The van der Waals surface area contributed by atoms with Gasteiger partial charge in [-0.25, -0.2) is 4.79 Å². The van der Waals surface area contributed by atoms with Crippen molar-refractivity contribution < 1.29 is 14.6 Å². The first-order valence-corrected chi connectivity index (χ1v) is 7.03. The minimum atomic E-state index is -0.376. The average molecular weight is 276 g/mol. The maximum absolute atomic E-state index is 11.5. The van der Waals surface area contributed by atoms with Gasteiger partial charge in [0.2, 0.25) is 0 Å². The normalized spacial score (nSPS) is 11.8. The second kappa shape index (κ2) is 7.13. The van der Waals surface area contributed by atoms with Crippen molar-refractivity contribution in [3.05, 3.63) is 35.4 Å². The molecule has 0 saturated carbocycles. The van der Waals surface area contributed by atoms with Gasteiger partial charge in [0.25, 0.3) is 0 Å². The van der Waals surface area contributed by atoms with E-state index < -0.39 is 0 Å². The third kappa shape index (κ3) is 5.08. The van der Waals surface area contributed by atoms with Crippen LogP contribution >= 0.6 is 0 Å². The number of esters is 1. The Morgan fingerprint density at radius 3 is 2.65 bits per heavy atom. The van der Waals surface area contributed by atoms with Crippen LogP contribution < -0.4 is 0 Å². The van der Waals surface area contributed by atoms with E-state index in [-0.39, 0.29) is 17.1 Å². The molecule has 0 amide bonds. The number of aromatic hydroxyl groups is 1.